The largest absolute Gasteiger partial charge is 0.494 e. The molecule has 0 unspecified atom stereocenters. The second kappa shape index (κ2) is 6.17. The Balaban J connectivity index is 1.71. The molecule has 1 aliphatic heterocycles. The van der Waals surface area contributed by atoms with Gasteiger partial charge in [0.1, 0.15) is 0 Å². The third kappa shape index (κ3) is 2.90. The molecule has 7 nitrogen and oxygen atoms in total. The Hall–Kier alpha value is -2.66. The van der Waals surface area contributed by atoms with Crippen molar-refractivity contribution in [3.63, 3.8) is 0 Å². The Kier molecular flexibility index (Phi) is 4.12. The minimum Gasteiger partial charge on any atom is -0.494 e. The van der Waals surface area contributed by atoms with Crippen molar-refractivity contribution in [1.29, 1.82) is 0 Å². The Morgan fingerprint density at radius 2 is 1.89 bits per heavy atom. The summed E-state index contributed by atoms with van der Waals surface area (Å²) in [5.41, 5.74) is 0.718. The Bertz CT molecular complexity index is 1170. The summed E-state index contributed by atoms with van der Waals surface area (Å²) in [4.78, 5) is 7.90. The second-order valence-electron chi connectivity index (χ2n) is 6.49. The highest BCUT2D eigenvalue weighted by atomic mass is 32.2. The SMILES string of the molecule is Cc1ccc2c(O)n3c(c2n1)CN(S(=O)(=O)c1ccc(C(F)(F)F)cn1)CC3. The summed E-state index contributed by atoms with van der Waals surface area (Å²) in [5.74, 6) is 0.0159. The zero-order valence-electron chi connectivity index (χ0n) is 14.6. The molecule has 0 fully saturated rings. The first-order valence-corrected chi connectivity index (χ1v) is 9.74. The van der Waals surface area contributed by atoms with Crippen LogP contribution in [0.3, 0.4) is 0 Å². The minimum absolute atomic E-state index is 0.0159. The van der Waals surface area contributed by atoms with Crippen LogP contribution in [0.5, 0.6) is 5.88 Å². The lowest BCUT2D eigenvalue weighted by molar-refractivity contribution is -0.137. The fourth-order valence-corrected chi connectivity index (χ4v) is 4.56. The third-order valence-corrected chi connectivity index (χ3v) is 6.46. The molecule has 0 amide bonds. The van der Waals surface area contributed by atoms with Gasteiger partial charge in [0.05, 0.1) is 28.7 Å². The van der Waals surface area contributed by atoms with Gasteiger partial charge in [-0.25, -0.2) is 13.4 Å². The number of nitrogens with zero attached hydrogens (tertiary/aromatic N) is 4. The van der Waals surface area contributed by atoms with E-state index in [4.69, 9.17) is 0 Å². The predicted octanol–water partition coefficient (Wildman–Crippen LogP) is 2.67. The number of aryl methyl sites for hydroxylation is 1. The van der Waals surface area contributed by atoms with E-state index in [0.29, 0.717) is 34.6 Å². The fourth-order valence-electron chi connectivity index (χ4n) is 3.25. The fraction of sp³-hybridized carbons (Fsp3) is 0.294. The number of pyridine rings is 2. The van der Waals surface area contributed by atoms with Gasteiger partial charge < -0.3 is 9.67 Å². The summed E-state index contributed by atoms with van der Waals surface area (Å²) in [6.07, 6.45) is -4.09. The Morgan fingerprint density at radius 3 is 2.54 bits per heavy atom. The van der Waals surface area contributed by atoms with Crippen molar-refractivity contribution >= 4 is 20.9 Å². The smallest absolute Gasteiger partial charge is 0.417 e. The predicted molar refractivity (Wildman–Crippen MR) is 93.0 cm³/mol. The first kappa shape index (κ1) is 18.7. The molecule has 28 heavy (non-hydrogen) atoms. The van der Waals surface area contributed by atoms with E-state index in [0.717, 1.165) is 10.4 Å². The van der Waals surface area contributed by atoms with Crippen molar-refractivity contribution in [3.8, 4) is 5.88 Å². The summed E-state index contributed by atoms with van der Waals surface area (Å²) in [5, 5.41) is 10.4. The van der Waals surface area contributed by atoms with E-state index in [1.807, 2.05) is 0 Å². The average molecular weight is 412 g/mol. The van der Waals surface area contributed by atoms with E-state index in [1.165, 1.54) is 0 Å². The first-order chi connectivity index (χ1) is 13.1. The van der Waals surface area contributed by atoms with Crippen LogP contribution in [-0.2, 0) is 29.3 Å². The Morgan fingerprint density at radius 1 is 1.14 bits per heavy atom. The molecular formula is C17H15F3N4O3S. The van der Waals surface area contributed by atoms with Gasteiger partial charge in [-0.3, -0.25) is 4.98 Å². The molecule has 1 N–H and O–H groups in total. The topological polar surface area (TPSA) is 88.3 Å². The van der Waals surface area contributed by atoms with Crippen molar-refractivity contribution in [1.82, 2.24) is 18.8 Å². The van der Waals surface area contributed by atoms with Gasteiger partial charge in [0.25, 0.3) is 10.0 Å². The van der Waals surface area contributed by atoms with Crippen LogP contribution < -0.4 is 0 Å². The molecule has 1 aliphatic rings. The van der Waals surface area contributed by atoms with Gasteiger partial charge in [0.2, 0.25) is 5.88 Å². The molecule has 11 heteroatoms. The maximum atomic E-state index is 12.9. The van der Waals surface area contributed by atoms with Gasteiger partial charge in [-0.05, 0) is 31.2 Å². The molecule has 4 rings (SSSR count). The number of halogens is 3. The van der Waals surface area contributed by atoms with Crippen molar-refractivity contribution in [2.24, 2.45) is 0 Å². The molecule has 3 aromatic rings. The molecule has 0 atom stereocenters. The van der Waals surface area contributed by atoms with E-state index in [9.17, 15) is 26.7 Å². The average Bonchev–Trinajstić information content (AvgIpc) is 2.92. The van der Waals surface area contributed by atoms with Crippen LogP contribution in [0.2, 0.25) is 0 Å². The number of aromatic hydroxyl groups is 1. The quantitative estimate of drug-likeness (QED) is 0.699. The molecule has 0 radical (unpaired) electrons. The van der Waals surface area contributed by atoms with Crippen molar-refractivity contribution < 1.29 is 26.7 Å². The number of aromatic nitrogens is 3. The van der Waals surface area contributed by atoms with E-state index in [1.54, 1.807) is 23.6 Å². The number of hydrogen-bond acceptors (Lipinski definition) is 5. The van der Waals surface area contributed by atoms with Crippen LogP contribution in [0.25, 0.3) is 10.9 Å². The number of alkyl halides is 3. The summed E-state index contributed by atoms with van der Waals surface area (Å²) in [6.45, 7) is 1.95. The molecular weight excluding hydrogens is 397 g/mol. The maximum absolute atomic E-state index is 12.9. The summed E-state index contributed by atoms with van der Waals surface area (Å²) in [7, 11) is -4.10. The molecule has 0 saturated carbocycles. The molecule has 3 aromatic heterocycles. The lowest BCUT2D eigenvalue weighted by atomic mass is 10.2. The Labute approximate surface area is 158 Å². The summed E-state index contributed by atoms with van der Waals surface area (Å²) >= 11 is 0. The maximum Gasteiger partial charge on any atom is 0.417 e. The van der Waals surface area contributed by atoms with Gasteiger partial charge >= 0.3 is 6.18 Å². The van der Waals surface area contributed by atoms with Crippen molar-refractivity contribution in [2.75, 3.05) is 6.54 Å². The second-order valence-corrected chi connectivity index (χ2v) is 8.38. The first-order valence-electron chi connectivity index (χ1n) is 8.30. The molecule has 0 aliphatic carbocycles. The van der Waals surface area contributed by atoms with Gasteiger partial charge in [-0.2, -0.15) is 17.5 Å². The van der Waals surface area contributed by atoms with E-state index >= 15 is 0 Å². The minimum atomic E-state index is -4.60. The highest BCUT2D eigenvalue weighted by Crippen LogP contribution is 2.35. The van der Waals surface area contributed by atoms with Crippen LogP contribution in [0.1, 0.15) is 17.0 Å². The van der Waals surface area contributed by atoms with Crippen molar-refractivity contribution in [3.05, 3.63) is 47.4 Å². The third-order valence-electron chi connectivity index (χ3n) is 4.70. The zero-order chi connectivity index (χ0) is 20.3. The molecule has 4 heterocycles. The van der Waals surface area contributed by atoms with E-state index in [-0.39, 0.29) is 25.5 Å². The highest BCUT2D eigenvalue weighted by molar-refractivity contribution is 7.89. The summed E-state index contributed by atoms with van der Waals surface area (Å²) in [6, 6.07) is 5.01. The highest BCUT2D eigenvalue weighted by Gasteiger charge is 2.35. The molecule has 0 saturated heterocycles. The lowest BCUT2D eigenvalue weighted by Crippen LogP contribution is -2.38. The number of sulfonamides is 1. The lowest BCUT2D eigenvalue weighted by Gasteiger charge is -2.27. The van der Waals surface area contributed by atoms with E-state index in [2.05, 4.69) is 9.97 Å². The van der Waals surface area contributed by atoms with Gasteiger partial charge in [0, 0.05) is 25.0 Å². The molecule has 0 bridgehead atoms. The van der Waals surface area contributed by atoms with Crippen LogP contribution in [0.15, 0.2) is 35.5 Å². The zero-order valence-corrected chi connectivity index (χ0v) is 15.4. The molecule has 148 valence electrons. The van der Waals surface area contributed by atoms with Crippen LogP contribution in [-0.4, -0.2) is 38.9 Å². The van der Waals surface area contributed by atoms with Crippen molar-refractivity contribution in [2.45, 2.75) is 31.2 Å². The standard InChI is InChI=1S/C17H15F3N4O3S/c1-10-2-4-12-15(22-10)13-9-23(6-7-24(13)16(12)25)28(26,27)14-5-3-11(8-21-14)17(18,19)20/h2-5,8,25H,6-7,9H2,1H3. The monoisotopic (exact) mass is 412 g/mol. The van der Waals surface area contributed by atoms with Crippen LogP contribution >= 0.6 is 0 Å². The van der Waals surface area contributed by atoms with Gasteiger partial charge in [-0.1, -0.05) is 0 Å². The van der Waals surface area contributed by atoms with E-state index < -0.39 is 26.8 Å². The molecule has 0 aromatic carbocycles. The van der Waals surface area contributed by atoms with Gasteiger partial charge in [0.15, 0.2) is 5.03 Å². The summed E-state index contributed by atoms with van der Waals surface area (Å²) < 4.78 is 66.5. The normalized spacial score (nSPS) is 15.7. The molecule has 0 spiro atoms. The number of hydrogen-bond donors (Lipinski definition) is 1. The number of rotatable bonds is 2. The van der Waals surface area contributed by atoms with Crippen LogP contribution in [0.4, 0.5) is 13.2 Å². The van der Waals surface area contributed by atoms with Crippen LogP contribution in [0, 0.1) is 6.92 Å². The van der Waals surface area contributed by atoms with Gasteiger partial charge in [-0.15, -0.1) is 0 Å². The number of fused-ring (bicyclic) bond motifs is 3.